The van der Waals surface area contributed by atoms with Crippen LogP contribution < -0.4 is 9.47 Å². The molecule has 28 heavy (non-hydrogen) atoms. The van der Waals surface area contributed by atoms with Crippen molar-refractivity contribution in [2.75, 3.05) is 13.7 Å². The summed E-state index contributed by atoms with van der Waals surface area (Å²) in [7, 11) is 1.56. The number of hydrogen-bond acceptors (Lipinski definition) is 5. The number of rotatable bonds is 8. The van der Waals surface area contributed by atoms with Gasteiger partial charge in [0, 0.05) is 6.42 Å². The summed E-state index contributed by atoms with van der Waals surface area (Å²) in [6, 6.07) is 13.8. The molecule has 1 aromatic heterocycles. The maximum absolute atomic E-state index is 6.30. The second-order valence-electron chi connectivity index (χ2n) is 5.95. The molecule has 3 aromatic rings. The molecule has 0 saturated heterocycles. The number of H-pyrrole nitrogens is 1. The van der Waals surface area contributed by atoms with Crippen LogP contribution >= 0.6 is 23.8 Å². The normalized spacial score (nSPS) is 11.1. The number of nitrogens with zero attached hydrogens (tertiary/aromatic N) is 3. The Balaban J connectivity index is 1.83. The molecule has 146 valence electrons. The molecule has 0 aliphatic heterocycles. The Kier molecular flexibility index (Phi) is 6.84. The van der Waals surface area contributed by atoms with Crippen LogP contribution in [0.5, 0.6) is 11.5 Å². The molecular weight excluding hydrogens is 396 g/mol. The third-order valence-electron chi connectivity index (χ3n) is 4.06. The van der Waals surface area contributed by atoms with Crippen molar-refractivity contribution in [3.05, 3.63) is 69.2 Å². The van der Waals surface area contributed by atoms with Crippen LogP contribution in [0.15, 0.2) is 47.6 Å². The van der Waals surface area contributed by atoms with Crippen LogP contribution in [0.4, 0.5) is 0 Å². The van der Waals surface area contributed by atoms with Gasteiger partial charge < -0.3 is 9.47 Å². The summed E-state index contributed by atoms with van der Waals surface area (Å²) < 4.78 is 13.0. The Morgan fingerprint density at radius 1 is 1.25 bits per heavy atom. The van der Waals surface area contributed by atoms with Crippen molar-refractivity contribution in [2.45, 2.75) is 19.8 Å². The number of hydrogen-bond donors (Lipinski definition) is 1. The topological polar surface area (TPSA) is 64.4 Å². The molecule has 3 rings (SSSR count). The summed E-state index contributed by atoms with van der Waals surface area (Å²) in [5, 5.41) is 12.0. The van der Waals surface area contributed by atoms with Crippen molar-refractivity contribution < 1.29 is 9.47 Å². The quantitative estimate of drug-likeness (QED) is 0.428. The highest BCUT2D eigenvalue weighted by Crippen LogP contribution is 2.35. The predicted octanol–water partition coefficient (Wildman–Crippen LogP) is 4.67. The average Bonchev–Trinajstić information content (AvgIpc) is 3.05. The van der Waals surface area contributed by atoms with Gasteiger partial charge in [0.15, 0.2) is 17.3 Å². The van der Waals surface area contributed by atoms with Gasteiger partial charge >= 0.3 is 0 Å². The van der Waals surface area contributed by atoms with Crippen molar-refractivity contribution in [2.24, 2.45) is 5.10 Å². The lowest BCUT2D eigenvalue weighted by Crippen LogP contribution is -2.02. The van der Waals surface area contributed by atoms with Gasteiger partial charge in [-0.2, -0.15) is 14.9 Å². The van der Waals surface area contributed by atoms with E-state index in [9.17, 15) is 0 Å². The molecule has 1 heterocycles. The van der Waals surface area contributed by atoms with E-state index in [1.807, 2.05) is 31.2 Å². The first kappa shape index (κ1) is 20.1. The second-order valence-corrected chi connectivity index (χ2v) is 6.75. The molecule has 0 amide bonds. The molecule has 0 unspecified atom stereocenters. The maximum atomic E-state index is 6.30. The van der Waals surface area contributed by atoms with Gasteiger partial charge in [-0.3, -0.25) is 5.10 Å². The number of methoxy groups -OCH3 is 1. The number of nitrogens with one attached hydrogen (secondary N) is 1. The molecule has 0 saturated carbocycles. The number of ether oxygens (including phenoxy) is 2. The Labute approximate surface area is 173 Å². The van der Waals surface area contributed by atoms with Gasteiger partial charge in [-0.05, 0) is 48.8 Å². The molecule has 0 spiro atoms. The van der Waals surface area contributed by atoms with E-state index >= 15 is 0 Å². The van der Waals surface area contributed by atoms with Gasteiger partial charge in [-0.1, -0.05) is 41.9 Å². The lowest BCUT2D eigenvalue weighted by Gasteiger charge is -2.11. The maximum Gasteiger partial charge on any atom is 0.216 e. The minimum Gasteiger partial charge on any atom is -0.491 e. The molecule has 1 N–H and O–H groups in total. The summed E-state index contributed by atoms with van der Waals surface area (Å²) in [6.07, 6.45) is 3.23. The summed E-state index contributed by atoms with van der Waals surface area (Å²) in [5.74, 6) is 1.83. The van der Waals surface area contributed by atoms with E-state index in [4.69, 9.17) is 33.3 Å². The van der Waals surface area contributed by atoms with E-state index in [0.717, 1.165) is 17.8 Å². The monoisotopic (exact) mass is 416 g/mol. The Hall–Kier alpha value is -2.64. The van der Waals surface area contributed by atoms with E-state index in [2.05, 4.69) is 27.4 Å². The number of halogens is 1. The molecular formula is C20H21ClN4O2S. The lowest BCUT2D eigenvalue weighted by molar-refractivity contribution is 0.311. The molecule has 2 aromatic carbocycles. The molecule has 0 aliphatic rings. The highest BCUT2D eigenvalue weighted by Gasteiger charge is 2.11. The van der Waals surface area contributed by atoms with E-state index in [1.54, 1.807) is 24.1 Å². The molecule has 6 nitrogen and oxygen atoms in total. The fourth-order valence-electron chi connectivity index (χ4n) is 2.75. The zero-order valence-corrected chi connectivity index (χ0v) is 17.3. The van der Waals surface area contributed by atoms with Gasteiger partial charge in [-0.25, -0.2) is 0 Å². The number of benzene rings is 2. The fraction of sp³-hybridized carbons (Fsp3) is 0.250. The number of aromatic amines is 1. The van der Waals surface area contributed by atoms with Gasteiger partial charge in [0.1, 0.15) is 0 Å². The van der Waals surface area contributed by atoms with E-state index in [0.29, 0.717) is 34.3 Å². The fourth-order valence-corrected chi connectivity index (χ4v) is 3.25. The predicted molar refractivity (Wildman–Crippen MR) is 113 cm³/mol. The minimum atomic E-state index is 0.434. The molecule has 0 fully saturated rings. The standard InChI is InChI=1S/C20H21ClN4O2S/c1-3-27-17-12-15(11-16(21)19(17)26-2)13-22-25-18(23-24-20(25)28)10-9-14-7-5-4-6-8-14/h4-8,11-13H,3,9-10H2,1-2H3,(H,24,28)/b22-13-. The van der Waals surface area contributed by atoms with Crippen LogP contribution in [0.3, 0.4) is 0 Å². The second kappa shape index (κ2) is 9.52. The molecule has 0 atom stereocenters. The third-order valence-corrected chi connectivity index (χ3v) is 4.60. The van der Waals surface area contributed by atoms with Crippen LogP contribution in [0, 0.1) is 4.77 Å². The van der Waals surface area contributed by atoms with Gasteiger partial charge in [-0.15, -0.1) is 0 Å². The number of aryl methyl sites for hydroxylation is 2. The summed E-state index contributed by atoms with van der Waals surface area (Å²) >= 11 is 11.6. The summed E-state index contributed by atoms with van der Waals surface area (Å²) in [6.45, 7) is 2.40. The zero-order chi connectivity index (χ0) is 19.9. The van der Waals surface area contributed by atoms with Gasteiger partial charge in [0.2, 0.25) is 4.77 Å². The molecule has 0 radical (unpaired) electrons. The smallest absolute Gasteiger partial charge is 0.216 e. The lowest BCUT2D eigenvalue weighted by atomic mass is 10.1. The Morgan fingerprint density at radius 3 is 2.75 bits per heavy atom. The van der Waals surface area contributed by atoms with Crippen LogP contribution in [-0.4, -0.2) is 34.8 Å². The van der Waals surface area contributed by atoms with Crippen LogP contribution in [0.1, 0.15) is 23.9 Å². The largest absolute Gasteiger partial charge is 0.491 e. The molecule has 8 heteroatoms. The van der Waals surface area contributed by atoms with Gasteiger partial charge in [0.25, 0.3) is 0 Å². The Morgan fingerprint density at radius 2 is 2.04 bits per heavy atom. The van der Waals surface area contributed by atoms with Crippen molar-refractivity contribution in [1.82, 2.24) is 14.9 Å². The third kappa shape index (κ3) is 4.79. The minimum absolute atomic E-state index is 0.434. The number of aromatic nitrogens is 3. The van der Waals surface area contributed by atoms with Crippen molar-refractivity contribution >= 4 is 30.0 Å². The van der Waals surface area contributed by atoms with E-state index in [-0.39, 0.29) is 0 Å². The Bertz CT molecular complexity index is 1010. The van der Waals surface area contributed by atoms with Crippen molar-refractivity contribution in [1.29, 1.82) is 0 Å². The summed E-state index contributed by atoms with van der Waals surface area (Å²) in [4.78, 5) is 0. The van der Waals surface area contributed by atoms with Crippen LogP contribution in [0.2, 0.25) is 5.02 Å². The SMILES string of the molecule is CCOc1cc(/C=N\n2c(CCc3ccccc3)n[nH]c2=S)cc(Cl)c1OC. The van der Waals surface area contributed by atoms with Crippen molar-refractivity contribution in [3.63, 3.8) is 0 Å². The highest BCUT2D eigenvalue weighted by molar-refractivity contribution is 7.71. The van der Waals surface area contributed by atoms with E-state index in [1.165, 1.54) is 5.56 Å². The summed E-state index contributed by atoms with van der Waals surface area (Å²) in [5.41, 5.74) is 2.00. The average molecular weight is 417 g/mol. The molecule has 0 bridgehead atoms. The first-order chi connectivity index (χ1) is 13.6. The van der Waals surface area contributed by atoms with Crippen LogP contribution in [-0.2, 0) is 12.8 Å². The molecule has 0 aliphatic carbocycles. The van der Waals surface area contributed by atoms with E-state index < -0.39 is 0 Å². The van der Waals surface area contributed by atoms with Crippen LogP contribution in [0.25, 0.3) is 0 Å². The van der Waals surface area contributed by atoms with Gasteiger partial charge in [0.05, 0.1) is 25.0 Å². The highest BCUT2D eigenvalue weighted by atomic mass is 35.5. The first-order valence-electron chi connectivity index (χ1n) is 8.87. The van der Waals surface area contributed by atoms with Crippen molar-refractivity contribution in [3.8, 4) is 11.5 Å². The zero-order valence-electron chi connectivity index (χ0n) is 15.7. The first-order valence-corrected chi connectivity index (χ1v) is 9.66.